The fourth-order valence-corrected chi connectivity index (χ4v) is 2.36. The monoisotopic (exact) mass is 242 g/mol. The van der Waals surface area contributed by atoms with E-state index >= 15 is 0 Å². The number of carbonyl (C=O) groups is 2. The van der Waals surface area contributed by atoms with E-state index in [2.05, 4.69) is 5.32 Å². The summed E-state index contributed by atoms with van der Waals surface area (Å²) in [6.45, 7) is 3.40. The topological polar surface area (TPSA) is 78.9 Å². The van der Waals surface area contributed by atoms with Gasteiger partial charge in [0.05, 0.1) is 19.1 Å². The Labute approximate surface area is 99.9 Å². The molecule has 2 heterocycles. The van der Waals surface area contributed by atoms with Gasteiger partial charge in [0.1, 0.15) is 12.2 Å². The Hall–Kier alpha value is -1.14. The van der Waals surface area contributed by atoms with E-state index in [1.165, 1.54) is 0 Å². The third-order valence-electron chi connectivity index (χ3n) is 3.26. The standard InChI is InChI=1S/C11H18N2O4/c1-11(17-5-9(14)15)6-13(7-11)10(16)8-3-2-4-12-8/h8,12H,2-7H2,1H3,(H,14,15)/t8-/m1/s1. The Balaban J connectivity index is 1.77. The van der Waals surface area contributed by atoms with Crippen LogP contribution in [0.3, 0.4) is 0 Å². The molecule has 6 heteroatoms. The second-order valence-electron chi connectivity index (χ2n) is 4.98. The van der Waals surface area contributed by atoms with Gasteiger partial charge in [-0.2, -0.15) is 0 Å². The van der Waals surface area contributed by atoms with Gasteiger partial charge in [-0.05, 0) is 26.3 Å². The lowest BCUT2D eigenvalue weighted by Crippen LogP contribution is -2.65. The number of carboxylic acids is 1. The van der Waals surface area contributed by atoms with Gasteiger partial charge in [-0.25, -0.2) is 4.79 Å². The zero-order valence-electron chi connectivity index (χ0n) is 9.94. The van der Waals surface area contributed by atoms with Gasteiger partial charge in [-0.1, -0.05) is 0 Å². The molecule has 0 unspecified atom stereocenters. The van der Waals surface area contributed by atoms with E-state index < -0.39 is 11.6 Å². The molecule has 0 aromatic rings. The molecule has 2 fully saturated rings. The molecule has 0 aromatic heterocycles. The summed E-state index contributed by atoms with van der Waals surface area (Å²) >= 11 is 0. The molecular formula is C11H18N2O4. The summed E-state index contributed by atoms with van der Waals surface area (Å²) in [4.78, 5) is 24.1. The zero-order valence-corrected chi connectivity index (χ0v) is 9.94. The molecule has 2 rings (SSSR count). The fourth-order valence-electron chi connectivity index (χ4n) is 2.36. The summed E-state index contributed by atoms with van der Waals surface area (Å²) in [5.74, 6) is -0.868. The molecule has 0 radical (unpaired) electrons. The number of nitrogens with zero attached hydrogens (tertiary/aromatic N) is 1. The molecule has 2 aliphatic heterocycles. The first-order chi connectivity index (χ1) is 8.00. The van der Waals surface area contributed by atoms with Gasteiger partial charge < -0.3 is 20.1 Å². The van der Waals surface area contributed by atoms with Crippen molar-refractivity contribution in [1.29, 1.82) is 0 Å². The Morgan fingerprint density at radius 1 is 1.53 bits per heavy atom. The van der Waals surface area contributed by atoms with Crippen molar-refractivity contribution in [3.8, 4) is 0 Å². The lowest BCUT2D eigenvalue weighted by molar-refractivity contribution is -0.174. The molecule has 0 spiro atoms. The van der Waals surface area contributed by atoms with Crippen molar-refractivity contribution in [2.24, 2.45) is 0 Å². The van der Waals surface area contributed by atoms with E-state index in [-0.39, 0.29) is 18.6 Å². The first kappa shape index (κ1) is 12.3. The minimum atomic E-state index is -0.978. The minimum Gasteiger partial charge on any atom is -0.480 e. The quantitative estimate of drug-likeness (QED) is 0.691. The van der Waals surface area contributed by atoms with Gasteiger partial charge in [0.15, 0.2) is 0 Å². The number of rotatable bonds is 4. The Morgan fingerprint density at radius 2 is 2.24 bits per heavy atom. The largest absolute Gasteiger partial charge is 0.480 e. The van der Waals surface area contributed by atoms with Crippen LogP contribution in [0.15, 0.2) is 0 Å². The normalized spacial score (nSPS) is 26.6. The van der Waals surface area contributed by atoms with E-state index in [1.54, 1.807) is 4.90 Å². The minimum absolute atomic E-state index is 0.0565. The Morgan fingerprint density at radius 3 is 2.76 bits per heavy atom. The van der Waals surface area contributed by atoms with Crippen LogP contribution in [0.1, 0.15) is 19.8 Å². The lowest BCUT2D eigenvalue weighted by atomic mass is 9.95. The second-order valence-corrected chi connectivity index (χ2v) is 4.98. The maximum absolute atomic E-state index is 11.9. The summed E-state index contributed by atoms with van der Waals surface area (Å²) in [5.41, 5.74) is -0.493. The second kappa shape index (κ2) is 4.62. The van der Waals surface area contributed by atoms with Crippen LogP contribution in [-0.4, -0.2) is 59.8 Å². The van der Waals surface area contributed by atoms with Crippen molar-refractivity contribution in [3.05, 3.63) is 0 Å². The molecule has 0 aromatic carbocycles. The van der Waals surface area contributed by atoms with Crippen molar-refractivity contribution in [1.82, 2.24) is 10.2 Å². The third kappa shape index (κ3) is 2.76. The summed E-state index contributed by atoms with van der Waals surface area (Å²) in [6.07, 6.45) is 1.93. The first-order valence-electron chi connectivity index (χ1n) is 5.88. The molecule has 2 N–H and O–H groups in total. The maximum atomic E-state index is 11.9. The van der Waals surface area contributed by atoms with Gasteiger partial charge in [-0.15, -0.1) is 0 Å². The molecule has 6 nitrogen and oxygen atoms in total. The van der Waals surface area contributed by atoms with Crippen LogP contribution in [0.25, 0.3) is 0 Å². The van der Waals surface area contributed by atoms with E-state index in [0.717, 1.165) is 19.4 Å². The van der Waals surface area contributed by atoms with Crippen LogP contribution < -0.4 is 5.32 Å². The lowest BCUT2D eigenvalue weighted by Gasteiger charge is -2.48. The summed E-state index contributed by atoms with van der Waals surface area (Å²) in [5, 5.41) is 11.7. The van der Waals surface area contributed by atoms with E-state index in [1.807, 2.05) is 6.92 Å². The number of aliphatic carboxylic acids is 1. The molecule has 17 heavy (non-hydrogen) atoms. The van der Waals surface area contributed by atoms with Crippen LogP contribution in [0.2, 0.25) is 0 Å². The summed E-state index contributed by atoms with van der Waals surface area (Å²) in [7, 11) is 0. The molecule has 2 aliphatic rings. The van der Waals surface area contributed by atoms with Crippen LogP contribution in [0, 0.1) is 0 Å². The number of likely N-dealkylation sites (tertiary alicyclic amines) is 1. The van der Waals surface area contributed by atoms with Gasteiger partial charge in [0.2, 0.25) is 5.91 Å². The van der Waals surface area contributed by atoms with Crippen molar-refractivity contribution in [2.75, 3.05) is 26.2 Å². The van der Waals surface area contributed by atoms with Crippen LogP contribution in [0.5, 0.6) is 0 Å². The average molecular weight is 242 g/mol. The fraction of sp³-hybridized carbons (Fsp3) is 0.818. The molecule has 1 amide bonds. The number of amides is 1. The molecule has 0 bridgehead atoms. The van der Waals surface area contributed by atoms with Crippen molar-refractivity contribution >= 4 is 11.9 Å². The van der Waals surface area contributed by atoms with Crippen LogP contribution >= 0.6 is 0 Å². The maximum Gasteiger partial charge on any atom is 0.329 e. The number of carboxylic acid groups (broad SMARTS) is 1. The average Bonchev–Trinajstić information content (AvgIpc) is 2.74. The Kier molecular flexibility index (Phi) is 3.35. The highest BCUT2D eigenvalue weighted by Gasteiger charge is 2.44. The number of hydrogen-bond donors (Lipinski definition) is 2. The van der Waals surface area contributed by atoms with Crippen LogP contribution in [0.4, 0.5) is 0 Å². The molecule has 0 saturated carbocycles. The molecule has 0 aliphatic carbocycles. The van der Waals surface area contributed by atoms with Gasteiger partial charge in [0.25, 0.3) is 0 Å². The van der Waals surface area contributed by atoms with Crippen molar-refractivity contribution in [2.45, 2.75) is 31.4 Å². The highest BCUT2D eigenvalue weighted by Crippen LogP contribution is 2.26. The smallest absolute Gasteiger partial charge is 0.329 e. The highest BCUT2D eigenvalue weighted by molar-refractivity contribution is 5.83. The number of carbonyl (C=O) groups excluding carboxylic acids is 1. The zero-order chi connectivity index (χ0) is 12.5. The first-order valence-corrected chi connectivity index (χ1v) is 5.88. The highest BCUT2D eigenvalue weighted by atomic mass is 16.5. The molecule has 2 saturated heterocycles. The van der Waals surface area contributed by atoms with E-state index in [4.69, 9.17) is 9.84 Å². The van der Waals surface area contributed by atoms with E-state index in [0.29, 0.717) is 13.1 Å². The predicted molar refractivity (Wildman–Crippen MR) is 59.6 cm³/mol. The van der Waals surface area contributed by atoms with Crippen molar-refractivity contribution < 1.29 is 19.4 Å². The van der Waals surface area contributed by atoms with Crippen molar-refractivity contribution in [3.63, 3.8) is 0 Å². The van der Waals surface area contributed by atoms with Gasteiger partial charge in [-0.3, -0.25) is 4.79 Å². The molecule has 1 atom stereocenters. The SMILES string of the molecule is CC1(OCC(=O)O)CN(C(=O)[C@H]2CCCN2)C1. The van der Waals surface area contributed by atoms with Crippen LogP contribution in [-0.2, 0) is 14.3 Å². The van der Waals surface area contributed by atoms with Gasteiger partial charge >= 0.3 is 5.97 Å². The number of ether oxygens (including phenoxy) is 1. The summed E-state index contributed by atoms with van der Waals surface area (Å²) < 4.78 is 5.26. The summed E-state index contributed by atoms with van der Waals surface area (Å²) in [6, 6.07) is -0.0565. The van der Waals surface area contributed by atoms with Gasteiger partial charge in [0, 0.05) is 0 Å². The third-order valence-corrected chi connectivity index (χ3v) is 3.26. The number of nitrogens with one attached hydrogen (secondary N) is 1. The number of hydrogen-bond acceptors (Lipinski definition) is 4. The predicted octanol–water partition coefficient (Wildman–Crippen LogP) is -0.559. The van der Waals surface area contributed by atoms with E-state index in [9.17, 15) is 9.59 Å². The molecular weight excluding hydrogens is 224 g/mol. The Bertz CT molecular complexity index is 319. The molecule has 96 valence electrons.